The number of benzene rings is 2. The molecule has 142 valence electrons. The zero-order chi connectivity index (χ0) is 19.8. The van der Waals surface area contributed by atoms with Crippen molar-refractivity contribution in [1.29, 1.82) is 0 Å². The van der Waals surface area contributed by atoms with Gasteiger partial charge >= 0.3 is 5.97 Å². The van der Waals surface area contributed by atoms with E-state index in [1.165, 1.54) is 31.2 Å². The number of rotatable bonds is 5. The fourth-order valence-corrected chi connectivity index (χ4v) is 3.44. The minimum Gasteiger partial charge on any atom is -0.481 e. The van der Waals surface area contributed by atoms with Crippen molar-refractivity contribution in [1.82, 2.24) is 0 Å². The van der Waals surface area contributed by atoms with Crippen molar-refractivity contribution in [3.63, 3.8) is 0 Å². The first-order valence-electron chi connectivity index (χ1n) is 8.19. The first-order valence-corrected chi connectivity index (χ1v) is 10.1. The van der Waals surface area contributed by atoms with Crippen LogP contribution in [0, 0.1) is 11.7 Å². The molecule has 6 nitrogen and oxygen atoms in total. The number of carboxylic acids is 1. The molecule has 0 aliphatic carbocycles. The van der Waals surface area contributed by atoms with Crippen LogP contribution in [-0.2, 0) is 19.4 Å². The summed E-state index contributed by atoms with van der Waals surface area (Å²) in [6, 6.07) is 11.3. The summed E-state index contributed by atoms with van der Waals surface area (Å²) >= 11 is 0. The lowest BCUT2D eigenvalue weighted by molar-refractivity contribution is -0.139. The topological polar surface area (TPSA) is 93.0 Å². The summed E-state index contributed by atoms with van der Waals surface area (Å²) < 4.78 is 42.4. The molecular formula is C19H18FNO5S. The average molecular weight is 391 g/mol. The second-order valence-corrected chi connectivity index (χ2v) is 8.42. The number of aliphatic imine (C=N–C) groups is 1. The normalized spacial score (nSPS) is 20.6. The summed E-state index contributed by atoms with van der Waals surface area (Å²) in [6.45, 7) is 1.47. The third-order valence-electron chi connectivity index (χ3n) is 4.39. The van der Waals surface area contributed by atoms with Gasteiger partial charge in [-0.2, -0.15) is 0 Å². The molecule has 3 rings (SSSR count). The van der Waals surface area contributed by atoms with Crippen LogP contribution in [0.1, 0.15) is 30.2 Å². The van der Waals surface area contributed by atoms with Crippen LogP contribution in [-0.4, -0.2) is 31.6 Å². The van der Waals surface area contributed by atoms with Gasteiger partial charge in [-0.1, -0.05) is 24.3 Å². The van der Waals surface area contributed by atoms with Gasteiger partial charge in [0.1, 0.15) is 17.8 Å². The van der Waals surface area contributed by atoms with E-state index in [2.05, 4.69) is 4.99 Å². The lowest BCUT2D eigenvalue weighted by Crippen LogP contribution is -2.21. The van der Waals surface area contributed by atoms with Crippen LogP contribution in [0.15, 0.2) is 58.4 Å². The molecule has 0 spiro atoms. The SMILES string of the molecule is CC(C(=O)O)C1=NC(c2ccc(S(C)(=O)=O)cc2)C(c2ccc(F)cc2)O1. The standard InChI is InChI=1S/C19H18FNO5S/c1-11(19(22)23)18-21-16(12-5-9-15(10-6-12)27(2,24)25)17(26-18)13-3-7-14(20)8-4-13/h3-11,16-17H,1-2H3,(H,22,23). The number of hydrogen-bond acceptors (Lipinski definition) is 5. The summed E-state index contributed by atoms with van der Waals surface area (Å²) in [7, 11) is -3.34. The van der Waals surface area contributed by atoms with Crippen LogP contribution in [0.4, 0.5) is 4.39 Å². The number of ether oxygens (including phenoxy) is 1. The van der Waals surface area contributed by atoms with Crippen LogP contribution in [0.2, 0.25) is 0 Å². The number of carboxylic acid groups (broad SMARTS) is 1. The molecule has 2 aromatic rings. The first kappa shape index (κ1) is 19.0. The zero-order valence-corrected chi connectivity index (χ0v) is 15.5. The van der Waals surface area contributed by atoms with Gasteiger partial charge in [0.25, 0.3) is 0 Å². The largest absolute Gasteiger partial charge is 0.481 e. The Balaban J connectivity index is 2.00. The fourth-order valence-electron chi connectivity index (χ4n) is 2.81. The van der Waals surface area contributed by atoms with E-state index in [0.717, 1.165) is 6.26 Å². The molecule has 1 aliphatic heterocycles. The molecule has 0 saturated carbocycles. The van der Waals surface area contributed by atoms with Crippen molar-refractivity contribution < 1.29 is 27.4 Å². The maximum atomic E-state index is 13.3. The smallest absolute Gasteiger partial charge is 0.315 e. The second-order valence-electron chi connectivity index (χ2n) is 6.40. The Morgan fingerprint density at radius 1 is 1.11 bits per heavy atom. The summed E-state index contributed by atoms with van der Waals surface area (Å²) in [5, 5.41) is 9.24. The molecule has 8 heteroatoms. The highest BCUT2D eigenvalue weighted by Gasteiger charge is 2.37. The van der Waals surface area contributed by atoms with Crippen LogP contribution in [0.5, 0.6) is 0 Å². The average Bonchev–Trinajstić information content (AvgIpc) is 3.06. The maximum Gasteiger partial charge on any atom is 0.315 e. The third-order valence-corrected chi connectivity index (χ3v) is 5.52. The Morgan fingerprint density at radius 2 is 1.67 bits per heavy atom. The minimum absolute atomic E-state index is 0.0778. The van der Waals surface area contributed by atoms with Gasteiger partial charge in [-0.3, -0.25) is 4.79 Å². The monoisotopic (exact) mass is 391 g/mol. The molecule has 0 aromatic heterocycles. The van der Waals surface area contributed by atoms with E-state index in [-0.39, 0.29) is 10.8 Å². The van der Waals surface area contributed by atoms with Gasteiger partial charge in [0.2, 0.25) is 0 Å². The third kappa shape index (κ3) is 4.00. The summed E-state index contributed by atoms with van der Waals surface area (Å²) in [6.07, 6.45) is 0.485. The van der Waals surface area contributed by atoms with E-state index in [9.17, 15) is 22.7 Å². The molecule has 0 fully saturated rings. The molecule has 27 heavy (non-hydrogen) atoms. The van der Waals surface area contributed by atoms with Gasteiger partial charge in [0.05, 0.1) is 4.90 Å². The van der Waals surface area contributed by atoms with Gasteiger partial charge in [-0.05, 0) is 42.3 Å². The van der Waals surface area contributed by atoms with E-state index in [1.54, 1.807) is 24.3 Å². The van der Waals surface area contributed by atoms with Gasteiger partial charge in [0.15, 0.2) is 21.8 Å². The van der Waals surface area contributed by atoms with Gasteiger partial charge in [-0.25, -0.2) is 17.8 Å². The Morgan fingerprint density at radius 3 is 2.19 bits per heavy atom. The van der Waals surface area contributed by atoms with Gasteiger partial charge < -0.3 is 9.84 Å². The van der Waals surface area contributed by atoms with Crippen LogP contribution >= 0.6 is 0 Å². The Kier molecular flexibility index (Phi) is 5.01. The van der Waals surface area contributed by atoms with Crippen molar-refractivity contribution in [2.45, 2.75) is 24.0 Å². The molecule has 0 saturated heterocycles. The first-order chi connectivity index (χ1) is 12.7. The highest BCUT2D eigenvalue weighted by atomic mass is 32.2. The molecule has 2 aromatic carbocycles. The predicted molar refractivity (Wildman–Crippen MR) is 96.8 cm³/mol. The molecule has 1 aliphatic rings. The quantitative estimate of drug-likeness (QED) is 0.845. The predicted octanol–water partition coefficient (Wildman–Crippen LogP) is 3.16. The van der Waals surface area contributed by atoms with Gasteiger partial charge in [-0.15, -0.1) is 0 Å². The molecular weight excluding hydrogens is 373 g/mol. The van der Waals surface area contributed by atoms with Crippen molar-refractivity contribution >= 4 is 21.7 Å². The summed E-state index contributed by atoms with van der Waals surface area (Å²) in [4.78, 5) is 15.9. The second kappa shape index (κ2) is 7.11. The lowest BCUT2D eigenvalue weighted by Gasteiger charge is -2.19. The maximum absolute atomic E-state index is 13.3. The minimum atomic E-state index is -3.34. The number of nitrogens with zero attached hydrogens (tertiary/aromatic N) is 1. The fraction of sp³-hybridized carbons (Fsp3) is 0.263. The van der Waals surface area contributed by atoms with Crippen molar-refractivity contribution in [3.05, 3.63) is 65.5 Å². The Labute approximate surface area is 156 Å². The van der Waals surface area contributed by atoms with Crippen molar-refractivity contribution in [2.75, 3.05) is 6.26 Å². The highest BCUT2D eigenvalue weighted by Crippen LogP contribution is 2.41. The molecule has 0 radical (unpaired) electrons. The van der Waals surface area contributed by atoms with Crippen LogP contribution < -0.4 is 0 Å². The number of aliphatic carboxylic acids is 1. The number of halogens is 1. The molecule has 0 amide bonds. The summed E-state index contributed by atoms with van der Waals surface area (Å²) in [5.74, 6) is -2.33. The molecule has 3 unspecified atom stereocenters. The highest BCUT2D eigenvalue weighted by molar-refractivity contribution is 7.90. The number of sulfone groups is 1. The van der Waals surface area contributed by atoms with E-state index >= 15 is 0 Å². The number of hydrogen-bond donors (Lipinski definition) is 1. The van der Waals surface area contributed by atoms with E-state index in [4.69, 9.17) is 4.74 Å². The molecule has 1 heterocycles. The van der Waals surface area contributed by atoms with Crippen molar-refractivity contribution in [2.24, 2.45) is 10.9 Å². The number of carbonyl (C=O) groups is 1. The van der Waals surface area contributed by atoms with Crippen LogP contribution in [0.3, 0.4) is 0 Å². The lowest BCUT2D eigenvalue weighted by atomic mass is 9.97. The van der Waals surface area contributed by atoms with Crippen LogP contribution in [0.25, 0.3) is 0 Å². The van der Waals surface area contributed by atoms with Crippen molar-refractivity contribution in [3.8, 4) is 0 Å². The molecule has 0 bridgehead atoms. The van der Waals surface area contributed by atoms with E-state index in [0.29, 0.717) is 11.1 Å². The summed E-state index contributed by atoms with van der Waals surface area (Å²) in [5.41, 5.74) is 1.31. The zero-order valence-electron chi connectivity index (χ0n) is 14.7. The van der Waals surface area contributed by atoms with E-state index < -0.39 is 39.7 Å². The Bertz CT molecular complexity index is 984. The Hall–Kier alpha value is -2.74. The molecule has 3 atom stereocenters. The van der Waals surface area contributed by atoms with Gasteiger partial charge in [0, 0.05) is 6.26 Å². The van der Waals surface area contributed by atoms with E-state index in [1.807, 2.05) is 0 Å². The molecule has 1 N–H and O–H groups in total.